The summed E-state index contributed by atoms with van der Waals surface area (Å²) in [4.78, 5) is 5.65. The lowest BCUT2D eigenvalue weighted by molar-refractivity contribution is -0.137. The number of aromatic nitrogens is 2. The molecule has 26 heavy (non-hydrogen) atoms. The molecule has 1 aromatic carbocycles. The minimum Gasteiger partial charge on any atom is -0.298 e. The number of benzene rings is 1. The minimum atomic E-state index is -4.35. The number of rotatable bonds is 1. The van der Waals surface area contributed by atoms with Crippen molar-refractivity contribution in [3.63, 3.8) is 0 Å². The Morgan fingerprint density at radius 1 is 0.923 bits per heavy atom. The highest BCUT2D eigenvalue weighted by Gasteiger charge is 2.29. The van der Waals surface area contributed by atoms with E-state index in [1.165, 1.54) is 12.1 Å². The third-order valence-electron chi connectivity index (χ3n) is 3.83. The van der Waals surface area contributed by atoms with Crippen LogP contribution in [0.25, 0.3) is 16.2 Å². The van der Waals surface area contributed by atoms with Crippen LogP contribution in [0.2, 0.25) is 0 Å². The van der Waals surface area contributed by atoms with Crippen LogP contribution in [0.5, 0.6) is 0 Å². The molecule has 0 N–H and O–H groups in total. The van der Waals surface area contributed by atoms with Crippen molar-refractivity contribution in [2.45, 2.75) is 6.18 Å². The first-order valence-corrected chi connectivity index (χ1v) is 8.60. The normalized spacial score (nSPS) is 11.3. The van der Waals surface area contributed by atoms with Crippen LogP contribution in [0.1, 0.15) is 16.8 Å². The molecule has 0 aliphatic rings. The Bertz CT molecular complexity index is 1110. The minimum absolute atomic E-state index is 0.507. The molecule has 0 spiro atoms. The van der Waals surface area contributed by atoms with E-state index in [0.717, 1.165) is 28.4 Å². The summed E-state index contributed by atoms with van der Waals surface area (Å²) in [7, 11) is 0. The lowest BCUT2D eigenvalue weighted by Gasteiger charge is -2.05. The Morgan fingerprint density at radius 3 is 2.42 bits per heavy atom. The van der Waals surface area contributed by atoms with Gasteiger partial charge in [-0.2, -0.15) is 13.2 Å². The molecule has 0 saturated carbocycles. The summed E-state index contributed by atoms with van der Waals surface area (Å²) < 4.78 is 39.9. The molecule has 4 aromatic rings. The molecule has 0 aliphatic heterocycles. The van der Waals surface area contributed by atoms with Gasteiger partial charge in [-0.15, -0.1) is 11.3 Å². The Morgan fingerprint density at radius 2 is 1.73 bits per heavy atom. The quantitative estimate of drug-likeness (QED) is 0.407. The van der Waals surface area contributed by atoms with Crippen LogP contribution in [0, 0.1) is 11.8 Å². The third-order valence-corrected chi connectivity index (χ3v) is 4.69. The smallest absolute Gasteiger partial charge is 0.298 e. The number of pyridine rings is 1. The average molecular weight is 368 g/mol. The van der Waals surface area contributed by atoms with Gasteiger partial charge in [-0.25, -0.2) is 4.98 Å². The summed E-state index contributed by atoms with van der Waals surface area (Å²) in [5, 5.41) is 1.98. The number of hydrogen-bond acceptors (Lipinski definition) is 2. The monoisotopic (exact) mass is 368 g/mol. The summed E-state index contributed by atoms with van der Waals surface area (Å²) in [5.74, 6) is 6.68. The molecule has 0 saturated heterocycles. The molecule has 3 aromatic heterocycles. The molecular formula is C20H11F3N2S. The van der Waals surface area contributed by atoms with Gasteiger partial charge in [0.15, 0.2) is 5.82 Å². The second kappa shape index (κ2) is 6.36. The van der Waals surface area contributed by atoms with Crippen LogP contribution in [-0.2, 0) is 6.18 Å². The van der Waals surface area contributed by atoms with Crippen molar-refractivity contribution in [2.75, 3.05) is 0 Å². The lowest BCUT2D eigenvalue weighted by atomic mass is 10.1. The first-order valence-electron chi connectivity index (χ1n) is 7.72. The van der Waals surface area contributed by atoms with Gasteiger partial charge in [0.1, 0.15) is 5.69 Å². The fourth-order valence-corrected chi connectivity index (χ4v) is 3.29. The number of alkyl halides is 3. The lowest BCUT2D eigenvalue weighted by Crippen LogP contribution is -2.04. The molecule has 128 valence electrons. The Balaban J connectivity index is 1.74. The first-order chi connectivity index (χ1) is 12.5. The fourth-order valence-electron chi connectivity index (χ4n) is 2.58. The molecule has 0 amide bonds. The van der Waals surface area contributed by atoms with Crippen molar-refractivity contribution < 1.29 is 13.2 Å². The van der Waals surface area contributed by atoms with E-state index in [1.807, 2.05) is 46.3 Å². The van der Waals surface area contributed by atoms with Gasteiger partial charge in [0, 0.05) is 11.8 Å². The van der Waals surface area contributed by atoms with Crippen LogP contribution in [-0.4, -0.2) is 9.38 Å². The van der Waals surface area contributed by atoms with E-state index in [1.54, 1.807) is 11.3 Å². The summed E-state index contributed by atoms with van der Waals surface area (Å²) in [6.45, 7) is 0. The molecular weight excluding hydrogens is 357 g/mol. The van der Waals surface area contributed by atoms with E-state index in [9.17, 15) is 13.2 Å². The molecule has 0 radical (unpaired) electrons. The van der Waals surface area contributed by atoms with E-state index in [4.69, 9.17) is 0 Å². The van der Waals surface area contributed by atoms with Crippen molar-refractivity contribution in [3.05, 3.63) is 83.0 Å². The molecule has 0 fully saturated rings. The standard InChI is InChI=1S/C20H11F3N2S/c21-20(22,23)15-9-6-14(7-10-15)8-11-16-17-4-1-2-12-25(17)19(24-16)18-5-3-13-26-18/h1-7,9-10,12-13H. The topological polar surface area (TPSA) is 17.3 Å². The van der Waals surface area contributed by atoms with Gasteiger partial charge in [0.05, 0.1) is 16.0 Å². The number of thiophene rings is 1. The zero-order valence-electron chi connectivity index (χ0n) is 13.3. The molecule has 4 rings (SSSR count). The van der Waals surface area contributed by atoms with Crippen molar-refractivity contribution in [2.24, 2.45) is 0 Å². The second-order valence-corrected chi connectivity index (χ2v) is 6.49. The second-order valence-electron chi connectivity index (χ2n) is 5.54. The van der Waals surface area contributed by atoms with Crippen LogP contribution in [0.4, 0.5) is 13.2 Å². The molecule has 0 aliphatic carbocycles. The molecule has 2 nitrogen and oxygen atoms in total. The number of imidazole rings is 1. The number of hydrogen-bond donors (Lipinski definition) is 0. The Kier molecular flexibility index (Phi) is 4.02. The van der Waals surface area contributed by atoms with E-state index >= 15 is 0 Å². The largest absolute Gasteiger partial charge is 0.416 e. The van der Waals surface area contributed by atoms with Gasteiger partial charge in [0.25, 0.3) is 0 Å². The van der Waals surface area contributed by atoms with Gasteiger partial charge in [-0.3, -0.25) is 4.40 Å². The molecule has 0 bridgehead atoms. The third kappa shape index (κ3) is 3.09. The van der Waals surface area contributed by atoms with Crippen LogP contribution < -0.4 is 0 Å². The van der Waals surface area contributed by atoms with Crippen LogP contribution >= 0.6 is 11.3 Å². The maximum Gasteiger partial charge on any atom is 0.416 e. The van der Waals surface area contributed by atoms with Crippen molar-refractivity contribution in [1.82, 2.24) is 9.38 Å². The fraction of sp³-hybridized carbons (Fsp3) is 0.0500. The zero-order chi connectivity index (χ0) is 18.1. The molecule has 0 atom stereocenters. The van der Waals surface area contributed by atoms with E-state index in [0.29, 0.717) is 11.3 Å². The average Bonchev–Trinajstić information content (AvgIpc) is 3.27. The maximum absolute atomic E-state index is 12.6. The van der Waals surface area contributed by atoms with Crippen molar-refractivity contribution in [3.8, 4) is 22.5 Å². The predicted molar refractivity (Wildman–Crippen MR) is 95.9 cm³/mol. The zero-order valence-corrected chi connectivity index (χ0v) is 14.1. The predicted octanol–water partition coefficient (Wildman–Crippen LogP) is 5.48. The highest BCUT2D eigenvalue weighted by atomic mass is 32.1. The van der Waals surface area contributed by atoms with E-state index in [-0.39, 0.29) is 0 Å². The van der Waals surface area contributed by atoms with Gasteiger partial charge in [0.2, 0.25) is 0 Å². The van der Waals surface area contributed by atoms with E-state index < -0.39 is 11.7 Å². The van der Waals surface area contributed by atoms with Crippen molar-refractivity contribution in [1.29, 1.82) is 0 Å². The summed E-state index contributed by atoms with van der Waals surface area (Å²) in [6, 6.07) is 14.5. The van der Waals surface area contributed by atoms with Crippen LogP contribution in [0.15, 0.2) is 66.2 Å². The van der Waals surface area contributed by atoms with Crippen LogP contribution in [0.3, 0.4) is 0 Å². The Labute approximate surface area is 151 Å². The van der Waals surface area contributed by atoms with Gasteiger partial charge in [-0.1, -0.05) is 18.1 Å². The highest BCUT2D eigenvalue weighted by Crippen LogP contribution is 2.29. The Hall–Kier alpha value is -3.04. The van der Waals surface area contributed by atoms with Gasteiger partial charge >= 0.3 is 6.18 Å². The molecule has 6 heteroatoms. The molecule has 0 unspecified atom stereocenters. The van der Waals surface area contributed by atoms with E-state index in [2.05, 4.69) is 16.8 Å². The summed E-state index contributed by atoms with van der Waals surface area (Å²) in [5.41, 5.74) is 1.27. The van der Waals surface area contributed by atoms with Gasteiger partial charge in [-0.05, 0) is 53.8 Å². The SMILES string of the molecule is FC(F)(F)c1ccc(C#Cc2nc(-c3cccs3)n3ccccc23)cc1. The highest BCUT2D eigenvalue weighted by molar-refractivity contribution is 7.13. The summed E-state index contributed by atoms with van der Waals surface area (Å²) in [6.07, 6.45) is -2.43. The van der Waals surface area contributed by atoms with Gasteiger partial charge < -0.3 is 0 Å². The van der Waals surface area contributed by atoms with Crippen molar-refractivity contribution >= 4 is 16.9 Å². The maximum atomic E-state index is 12.6. The molecule has 3 heterocycles. The summed E-state index contributed by atoms with van der Waals surface area (Å²) >= 11 is 1.58. The first kappa shape index (κ1) is 16.4. The number of halogens is 3. The number of nitrogens with zero attached hydrogens (tertiary/aromatic N) is 2. The number of fused-ring (bicyclic) bond motifs is 1.